The van der Waals surface area contributed by atoms with Gasteiger partial charge in [0, 0.05) is 17.4 Å². The molecular formula is C12H9ClF2N2. The van der Waals surface area contributed by atoms with Gasteiger partial charge in [0.25, 0.3) is 5.92 Å². The van der Waals surface area contributed by atoms with E-state index in [2.05, 4.69) is 4.98 Å². The first kappa shape index (κ1) is 10.9. The molecule has 0 bridgehead atoms. The standard InChI is InChI=1S/C12H9ClF2N2/c13-10-8(11(16)6-12(11,14)15)5-7-3-1-2-4-9(7)17-10/h1-5H,6,16H2. The number of para-hydroxylation sites is 1. The van der Waals surface area contributed by atoms with Crippen molar-refractivity contribution in [2.45, 2.75) is 17.9 Å². The van der Waals surface area contributed by atoms with Gasteiger partial charge in [-0.2, -0.15) is 0 Å². The summed E-state index contributed by atoms with van der Waals surface area (Å²) in [7, 11) is 0. The van der Waals surface area contributed by atoms with Crippen molar-refractivity contribution >= 4 is 22.5 Å². The minimum Gasteiger partial charge on any atom is -0.316 e. The fraction of sp³-hybridized carbons (Fsp3) is 0.250. The fourth-order valence-electron chi connectivity index (χ4n) is 2.00. The predicted molar refractivity (Wildman–Crippen MR) is 62.2 cm³/mol. The number of pyridine rings is 1. The molecule has 0 amide bonds. The van der Waals surface area contributed by atoms with Crippen molar-refractivity contribution < 1.29 is 8.78 Å². The van der Waals surface area contributed by atoms with Crippen molar-refractivity contribution in [1.29, 1.82) is 0 Å². The average Bonchev–Trinajstić information content (AvgIpc) is 2.78. The second-order valence-electron chi connectivity index (χ2n) is 4.37. The number of hydrogen-bond acceptors (Lipinski definition) is 2. The minimum absolute atomic E-state index is 0.0587. The highest BCUT2D eigenvalue weighted by atomic mass is 35.5. The van der Waals surface area contributed by atoms with Crippen LogP contribution in [0.3, 0.4) is 0 Å². The maximum absolute atomic E-state index is 13.2. The molecule has 1 heterocycles. The molecule has 0 aliphatic heterocycles. The van der Waals surface area contributed by atoms with Gasteiger partial charge in [-0.25, -0.2) is 13.8 Å². The number of nitrogens with two attached hydrogens (primary N) is 1. The van der Waals surface area contributed by atoms with Crippen LogP contribution in [0.15, 0.2) is 30.3 Å². The summed E-state index contributed by atoms with van der Waals surface area (Å²) >= 11 is 5.93. The van der Waals surface area contributed by atoms with E-state index in [1.807, 2.05) is 12.1 Å². The van der Waals surface area contributed by atoms with Crippen LogP contribution in [-0.4, -0.2) is 10.9 Å². The number of hydrogen-bond donors (Lipinski definition) is 1. The van der Waals surface area contributed by atoms with E-state index in [1.165, 1.54) is 0 Å². The number of halogens is 3. The van der Waals surface area contributed by atoms with Crippen molar-refractivity contribution in [3.8, 4) is 0 Å². The van der Waals surface area contributed by atoms with E-state index >= 15 is 0 Å². The van der Waals surface area contributed by atoms with Gasteiger partial charge in [0.05, 0.1) is 5.52 Å². The van der Waals surface area contributed by atoms with Crippen LogP contribution < -0.4 is 5.73 Å². The molecule has 1 fully saturated rings. The van der Waals surface area contributed by atoms with Crippen LogP contribution >= 0.6 is 11.6 Å². The van der Waals surface area contributed by atoms with Gasteiger partial charge in [0.2, 0.25) is 0 Å². The number of fused-ring (bicyclic) bond motifs is 1. The summed E-state index contributed by atoms with van der Waals surface area (Å²) in [6, 6.07) is 8.81. The van der Waals surface area contributed by atoms with Crippen LogP contribution in [0.1, 0.15) is 12.0 Å². The van der Waals surface area contributed by atoms with E-state index in [0.717, 1.165) is 5.39 Å². The predicted octanol–water partition coefficient (Wildman–Crippen LogP) is 3.08. The molecule has 1 aliphatic rings. The highest BCUT2D eigenvalue weighted by Crippen LogP contribution is 2.58. The molecule has 3 rings (SSSR count). The Morgan fingerprint density at radius 3 is 2.59 bits per heavy atom. The summed E-state index contributed by atoms with van der Waals surface area (Å²) in [5.74, 6) is -2.89. The summed E-state index contributed by atoms with van der Waals surface area (Å²) in [6.45, 7) is 0. The zero-order valence-electron chi connectivity index (χ0n) is 8.75. The van der Waals surface area contributed by atoms with Gasteiger partial charge in [0.1, 0.15) is 10.7 Å². The van der Waals surface area contributed by atoms with Gasteiger partial charge >= 0.3 is 0 Å². The minimum atomic E-state index is -2.89. The van der Waals surface area contributed by atoms with Crippen LogP contribution in [0.4, 0.5) is 8.78 Å². The lowest BCUT2D eigenvalue weighted by molar-refractivity contribution is 0.0891. The van der Waals surface area contributed by atoms with Crippen LogP contribution in [0.5, 0.6) is 0 Å². The lowest BCUT2D eigenvalue weighted by Gasteiger charge is -2.13. The highest BCUT2D eigenvalue weighted by Gasteiger charge is 2.70. The Morgan fingerprint density at radius 2 is 1.94 bits per heavy atom. The highest BCUT2D eigenvalue weighted by molar-refractivity contribution is 6.30. The molecule has 1 aromatic heterocycles. The zero-order chi connectivity index (χ0) is 12.3. The lowest BCUT2D eigenvalue weighted by Crippen LogP contribution is -2.27. The Morgan fingerprint density at radius 1 is 1.29 bits per heavy atom. The molecule has 2 aromatic rings. The quantitative estimate of drug-likeness (QED) is 0.795. The lowest BCUT2D eigenvalue weighted by atomic mass is 10.1. The first-order valence-electron chi connectivity index (χ1n) is 5.16. The molecule has 17 heavy (non-hydrogen) atoms. The Kier molecular flexibility index (Phi) is 2.01. The largest absolute Gasteiger partial charge is 0.316 e. The fourth-order valence-corrected chi connectivity index (χ4v) is 2.32. The Bertz CT molecular complexity index is 614. The van der Waals surface area contributed by atoms with Gasteiger partial charge in [0.15, 0.2) is 0 Å². The third-order valence-corrected chi connectivity index (χ3v) is 3.47. The normalized spacial score (nSPS) is 26.1. The molecule has 1 saturated carbocycles. The first-order valence-corrected chi connectivity index (χ1v) is 5.54. The van der Waals surface area contributed by atoms with Crippen molar-refractivity contribution in [2.75, 3.05) is 0 Å². The van der Waals surface area contributed by atoms with Crippen molar-refractivity contribution in [3.05, 3.63) is 41.0 Å². The molecule has 1 atom stereocenters. The molecule has 0 saturated heterocycles. The monoisotopic (exact) mass is 254 g/mol. The van der Waals surface area contributed by atoms with Crippen molar-refractivity contribution in [1.82, 2.24) is 4.98 Å². The second-order valence-corrected chi connectivity index (χ2v) is 4.73. The summed E-state index contributed by atoms with van der Waals surface area (Å²) in [5.41, 5.74) is 4.91. The van der Waals surface area contributed by atoms with Crippen LogP contribution in [0.2, 0.25) is 5.15 Å². The number of alkyl halides is 2. The van der Waals surface area contributed by atoms with E-state index in [-0.39, 0.29) is 17.1 Å². The van der Waals surface area contributed by atoms with Gasteiger partial charge < -0.3 is 5.73 Å². The zero-order valence-corrected chi connectivity index (χ0v) is 9.51. The first-order chi connectivity index (χ1) is 7.94. The van der Waals surface area contributed by atoms with Gasteiger partial charge in [-0.05, 0) is 12.1 Å². The van der Waals surface area contributed by atoms with Crippen LogP contribution in [0, 0.1) is 0 Å². The molecule has 1 unspecified atom stereocenters. The van der Waals surface area contributed by atoms with Gasteiger partial charge in [-0.15, -0.1) is 0 Å². The van der Waals surface area contributed by atoms with Crippen molar-refractivity contribution in [3.63, 3.8) is 0 Å². The smallest absolute Gasteiger partial charge is 0.272 e. The number of benzene rings is 1. The summed E-state index contributed by atoms with van der Waals surface area (Å²) in [5, 5.41) is 0.822. The third-order valence-electron chi connectivity index (χ3n) is 3.19. The molecule has 1 aliphatic carbocycles. The van der Waals surface area contributed by atoms with Gasteiger partial charge in [-0.1, -0.05) is 29.8 Å². The molecule has 2 nitrogen and oxygen atoms in total. The van der Waals surface area contributed by atoms with E-state index in [9.17, 15) is 8.78 Å². The van der Waals surface area contributed by atoms with E-state index in [1.54, 1.807) is 18.2 Å². The van der Waals surface area contributed by atoms with E-state index in [0.29, 0.717) is 5.52 Å². The molecule has 1 aromatic carbocycles. The Balaban J connectivity index is 2.22. The Hall–Kier alpha value is -1.26. The molecular weight excluding hydrogens is 246 g/mol. The summed E-state index contributed by atoms with van der Waals surface area (Å²) in [6.07, 6.45) is -0.375. The number of rotatable bonds is 1. The molecule has 0 radical (unpaired) electrons. The number of nitrogens with zero attached hydrogens (tertiary/aromatic N) is 1. The average molecular weight is 255 g/mol. The molecule has 0 spiro atoms. The SMILES string of the molecule is NC1(c2cc3ccccc3nc2Cl)CC1(F)F. The van der Waals surface area contributed by atoms with E-state index < -0.39 is 11.5 Å². The molecule has 5 heteroatoms. The third kappa shape index (κ3) is 1.44. The molecule has 2 N–H and O–H groups in total. The maximum atomic E-state index is 13.2. The maximum Gasteiger partial charge on any atom is 0.272 e. The molecule has 88 valence electrons. The van der Waals surface area contributed by atoms with Crippen molar-refractivity contribution in [2.24, 2.45) is 5.73 Å². The van der Waals surface area contributed by atoms with E-state index in [4.69, 9.17) is 17.3 Å². The van der Waals surface area contributed by atoms with Crippen LogP contribution in [-0.2, 0) is 5.54 Å². The summed E-state index contributed by atoms with van der Waals surface area (Å²) < 4.78 is 26.5. The summed E-state index contributed by atoms with van der Waals surface area (Å²) in [4.78, 5) is 4.10. The number of aromatic nitrogens is 1. The van der Waals surface area contributed by atoms with Gasteiger partial charge in [-0.3, -0.25) is 0 Å². The van der Waals surface area contributed by atoms with Crippen LogP contribution in [0.25, 0.3) is 10.9 Å². The topological polar surface area (TPSA) is 38.9 Å². The Labute approximate surface area is 101 Å². The second kappa shape index (κ2) is 3.15.